The van der Waals surface area contributed by atoms with Gasteiger partial charge < -0.3 is 4.74 Å². The molecule has 0 heterocycles. The summed E-state index contributed by atoms with van der Waals surface area (Å²) in [5.74, 6) is -1.25. The van der Waals surface area contributed by atoms with Crippen LogP contribution in [0.4, 0.5) is 8.78 Å². The summed E-state index contributed by atoms with van der Waals surface area (Å²) in [7, 11) is 0. The van der Waals surface area contributed by atoms with Crippen LogP contribution >= 0.6 is 11.6 Å². The van der Waals surface area contributed by atoms with Gasteiger partial charge in [-0.3, -0.25) is 4.79 Å². The molecule has 0 aliphatic rings. The predicted octanol–water partition coefficient (Wildman–Crippen LogP) is 4.68. The molecule has 22 heavy (non-hydrogen) atoms. The van der Waals surface area contributed by atoms with Crippen molar-refractivity contribution in [3.8, 4) is 6.07 Å². The van der Waals surface area contributed by atoms with Gasteiger partial charge in [-0.05, 0) is 43.5 Å². The Labute approximate surface area is 133 Å². The molecule has 0 spiro atoms. The lowest BCUT2D eigenvalue weighted by atomic mass is 9.80. The summed E-state index contributed by atoms with van der Waals surface area (Å²) in [5.41, 5.74) is -0.857. The minimum Gasteiger partial charge on any atom is -0.431 e. The van der Waals surface area contributed by atoms with Crippen molar-refractivity contribution >= 4 is 17.6 Å². The van der Waals surface area contributed by atoms with Gasteiger partial charge in [0, 0.05) is 17.9 Å². The number of ether oxygens (including phenoxy) is 1. The third kappa shape index (κ3) is 4.96. The highest BCUT2D eigenvalue weighted by atomic mass is 35.5. The maximum absolute atomic E-state index is 13.4. The number of nitriles is 1. The summed E-state index contributed by atoms with van der Waals surface area (Å²) in [6.45, 7) is 3.33. The van der Waals surface area contributed by atoms with Crippen LogP contribution in [0.5, 0.6) is 0 Å². The predicted molar refractivity (Wildman–Crippen MR) is 79.5 cm³/mol. The van der Waals surface area contributed by atoms with Crippen molar-refractivity contribution < 1.29 is 18.3 Å². The summed E-state index contributed by atoms with van der Waals surface area (Å²) < 4.78 is 31.2. The molecule has 0 bridgehead atoms. The molecular weight excluding hydrogens is 312 g/mol. The highest BCUT2D eigenvalue weighted by Gasteiger charge is 2.30. The van der Waals surface area contributed by atoms with Crippen LogP contribution in [0.15, 0.2) is 18.2 Å². The Kier molecular flexibility index (Phi) is 6.76. The van der Waals surface area contributed by atoms with E-state index in [0.29, 0.717) is 12.0 Å². The monoisotopic (exact) mass is 329 g/mol. The molecule has 0 amide bonds. The van der Waals surface area contributed by atoms with E-state index in [1.807, 2.05) is 6.07 Å². The van der Waals surface area contributed by atoms with Crippen molar-refractivity contribution in [1.29, 1.82) is 5.26 Å². The van der Waals surface area contributed by atoms with E-state index in [-0.39, 0.29) is 24.3 Å². The van der Waals surface area contributed by atoms with Crippen LogP contribution in [0.2, 0.25) is 5.02 Å². The van der Waals surface area contributed by atoms with E-state index >= 15 is 0 Å². The number of hydrogen-bond acceptors (Lipinski definition) is 3. The molecule has 3 nitrogen and oxygen atoms in total. The number of carbonyl (C=O) groups is 1. The van der Waals surface area contributed by atoms with Gasteiger partial charge in [0.25, 0.3) is 0 Å². The molecule has 0 aliphatic carbocycles. The highest BCUT2D eigenvalue weighted by Crippen LogP contribution is 2.34. The first kappa shape index (κ1) is 18.4. The van der Waals surface area contributed by atoms with Gasteiger partial charge >= 0.3 is 5.97 Å². The third-order valence-electron chi connectivity index (χ3n) is 3.37. The van der Waals surface area contributed by atoms with E-state index in [4.69, 9.17) is 11.6 Å². The van der Waals surface area contributed by atoms with E-state index in [0.717, 1.165) is 0 Å². The summed E-state index contributed by atoms with van der Waals surface area (Å²) >= 11 is 6.01. The molecule has 0 aliphatic heterocycles. The molecule has 0 radical (unpaired) electrons. The van der Waals surface area contributed by atoms with Gasteiger partial charge in [0.15, 0.2) is 0 Å². The molecule has 0 saturated heterocycles. The number of esters is 1. The Balaban J connectivity index is 2.78. The Morgan fingerprint density at radius 2 is 2.23 bits per heavy atom. The minimum atomic E-state index is -1.64. The summed E-state index contributed by atoms with van der Waals surface area (Å²) in [6.07, 6.45) is -1.03. The molecule has 0 saturated carbocycles. The fourth-order valence-electron chi connectivity index (χ4n) is 2.01. The molecule has 0 fully saturated rings. The molecule has 6 heteroatoms. The average Bonchev–Trinajstić information content (AvgIpc) is 2.47. The summed E-state index contributed by atoms with van der Waals surface area (Å²) in [6, 6.07) is 5.77. The maximum Gasteiger partial charge on any atom is 0.308 e. The lowest BCUT2D eigenvalue weighted by Crippen LogP contribution is -2.23. The van der Waals surface area contributed by atoms with Crippen LogP contribution in [-0.4, -0.2) is 12.3 Å². The van der Waals surface area contributed by atoms with Gasteiger partial charge in [-0.25, -0.2) is 8.78 Å². The number of halogens is 3. The Hall–Kier alpha value is -1.67. The molecule has 120 valence electrons. The van der Waals surface area contributed by atoms with Gasteiger partial charge in [-0.2, -0.15) is 5.26 Å². The van der Waals surface area contributed by atoms with Crippen molar-refractivity contribution in [2.45, 2.75) is 51.3 Å². The first-order valence-corrected chi connectivity index (χ1v) is 7.40. The zero-order valence-corrected chi connectivity index (χ0v) is 13.3. The van der Waals surface area contributed by atoms with Crippen molar-refractivity contribution in [3.05, 3.63) is 34.6 Å². The lowest BCUT2D eigenvalue weighted by molar-refractivity contribution is -0.158. The second-order valence-corrected chi connectivity index (χ2v) is 5.66. The van der Waals surface area contributed by atoms with E-state index in [2.05, 4.69) is 4.74 Å². The quantitative estimate of drug-likeness (QED) is 0.682. The fourth-order valence-corrected chi connectivity index (χ4v) is 2.34. The number of alkyl halides is 1. The first-order chi connectivity index (χ1) is 10.3. The number of rotatable bonds is 7. The second-order valence-electron chi connectivity index (χ2n) is 5.26. The number of hydrogen-bond donors (Lipinski definition) is 0. The van der Waals surface area contributed by atoms with Crippen molar-refractivity contribution in [1.82, 2.24) is 0 Å². The molecule has 1 aromatic carbocycles. The van der Waals surface area contributed by atoms with Crippen molar-refractivity contribution in [2.75, 3.05) is 0 Å². The third-order valence-corrected chi connectivity index (χ3v) is 3.70. The Morgan fingerprint density at radius 3 is 2.82 bits per heavy atom. The summed E-state index contributed by atoms with van der Waals surface area (Å²) in [4.78, 5) is 11.6. The fraction of sp³-hybridized carbons (Fsp3) is 0.500. The maximum atomic E-state index is 13.4. The summed E-state index contributed by atoms with van der Waals surface area (Å²) in [5, 5.41) is 9.62. The average molecular weight is 330 g/mol. The smallest absolute Gasteiger partial charge is 0.308 e. The van der Waals surface area contributed by atoms with Gasteiger partial charge in [-0.15, -0.1) is 0 Å². The standard InChI is InChI=1S/C16H18ClF2NO2/c1-3-4-14(19)22-15(21)7-8-16(2,10-20)12-9-11(18)5-6-13(12)17/h5-6,9,14H,3-4,7-8H2,1-2H3. The molecule has 0 aromatic heterocycles. The molecular formula is C16H18ClF2NO2. The number of benzene rings is 1. The van der Waals surface area contributed by atoms with Crippen molar-refractivity contribution in [3.63, 3.8) is 0 Å². The second kappa shape index (κ2) is 8.09. The van der Waals surface area contributed by atoms with E-state index in [9.17, 15) is 18.8 Å². The van der Waals surface area contributed by atoms with Crippen LogP contribution in [-0.2, 0) is 14.9 Å². The molecule has 1 rings (SSSR count). The van der Waals surface area contributed by atoms with Crippen LogP contribution in [0, 0.1) is 17.1 Å². The zero-order valence-electron chi connectivity index (χ0n) is 12.5. The van der Waals surface area contributed by atoms with E-state index in [1.54, 1.807) is 13.8 Å². The SMILES string of the molecule is CCCC(F)OC(=O)CCC(C)(C#N)c1cc(F)ccc1Cl. The Morgan fingerprint density at radius 1 is 1.55 bits per heavy atom. The van der Waals surface area contributed by atoms with Gasteiger partial charge in [-0.1, -0.05) is 18.5 Å². The number of carbonyl (C=O) groups excluding carboxylic acids is 1. The topological polar surface area (TPSA) is 50.1 Å². The van der Waals surface area contributed by atoms with E-state index in [1.165, 1.54) is 18.2 Å². The first-order valence-electron chi connectivity index (χ1n) is 7.02. The minimum absolute atomic E-state index is 0.0599. The molecule has 0 N–H and O–H groups in total. The van der Waals surface area contributed by atoms with E-state index < -0.39 is 23.6 Å². The van der Waals surface area contributed by atoms with Crippen LogP contribution in [0.25, 0.3) is 0 Å². The number of nitrogens with zero attached hydrogens (tertiary/aromatic N) is 1. The van der Waals surface area contributed by atoms with Gasteiger partial charge in [0.05, 0.1) is 11.5 Å². The normalized spacial score (nSPS) is 14.7. The van der Waals surface area contributed by atoms with Gasteiger partial charge in [0.1, 0.15) is 5.82 Å². The van der Waals surface area contributed by atoms with Crippen molar-refractivity contribution in [2.24, 2.45) is 0 Å². The van der Waals surface area contributed by atoms with Crippen LogP contribution in [0.3, 0.4) is 0 Å². The zero-order chi connectivity index (χ0) is 16.8. The van der Waals surface area contributed by atoms with Crippen LogP contribution < -0.4 is 0 Å². The van der Waals surface area contributed by atoms with Crippen LogP contribution in [0.1, 0.15) is 45.1 Å². The molecule has 1 aromatic rings. The Bertz CT molecular complexity index is 574. The molecule has 2 atom stereocenters. The molecule has 2 unspecified atom stereocenters. The van der Waals surface area contributed by atoms with Gasteiger partial charge in [0.2, 0.25) is 6.36 Å². The largest absolute Gasteiger partial charge is 0.431 e. The highest BCUT2D eigenvalue weighted by molar-refractivity contribution is 6.31. The lowest BCUT2D eigenvalue weighted by Gasteiger charge is -2.23.